The Morgan fingerprint density at radius 3 is 1.89 bits per heavy atom. The molecular formula is C35H32N4O7. The zero-order valence-corrected chi connectivity index (χ0v) is 25.0. The molecule has 0 aliphatic heterocycles. The van der Waals surface area contributed by atoms with E-state index in [4.69, 9.17) is 9.47 Å². The van der Waals surface area contributed by atoms with E-state index in [2.05, 4.69) is 20.9 Å². The molecule has 0 fully saturated rings. The summed E-state index contributed by atoms with van der Waals surface area (Å²) in [5, 5.41) is 22.7. The number of carbonyl (C=O) groups is 4. The number of hydrogen-bond donors (Lipinski definition) is 3. The van der Waals surface area contributed by atoms with Crippen LogP contribution in [-0.2, 0) is 30.3 Å². The lowest BCUT2D eigenvalue weighted by Gasteiger charge is -2.22. The SMILES string of the molecule is COC(=O)[C@H](Cc1ccc(N=Nc2ccccc2)cc1)NC(=O)[C@H](CC(=O)O)NC(=O)OCC1c2ccccc2-c2ccccc21. The predicted molar refractivity (Wildman–Crippen MR) is 169 cm³/mol. The van der Waals surface area contributed by atoms with E-state index in [0.717, 1.165) is 22.3 Å². The van der Waals surface area contributed by atoms with E-state index >= 15 is 0 Å². The first-order chi connectivity index (χ1) is 22.3. The molecule has 0 heterocycles. The summed E-state index contributed by atoms with van der Waals surface area (Å²) in [4.78, 5) is 50.3. The average Bonchev–Trinajstić information content (AvgIpc) is 3.39. The Labute approximate surface area is 265 Å². The highest BCUT2D eigenvalue weighted by Gasteiger charge is 2.32. The Morgan fingerprint density at radius 2 is 1.30 bits per heavy atom. The quantitative estimate of drug-likeness (QED) is 0.136. The van der Waals surface area contributed by atoms with Crippen molar-refractivity contribution in [3.8, 4) is 11.1 Å². The van der Waals surface area contributed by atoms with Gasteiger partial charge in [0.2, 0.25) is 5.91 Å². The number of fused-ring (bicyclic) bond motifs is 3. The number of benzene rings is 4. The molecule has 11 heteroatoms. The minimum Gasteiger partial charge on any atom is -0.481 e. The zero-order valence-electron chi connectivity index (χ0n) is 25.0. The molecule has 4 aromatic rings. The number of nitrogens with zero attached hydrogens (tertiary/aromatic N) is 2. The minimum atomic E-state index is -1.51. The summed E-state index contributed by atoms with van der Waals surface area (Å²) >= 11 is 0. The fourth-order valence-electron chi connectivity index (χ4n) is 5.32. The molecule has 11 nitrogen and oxygen atoms in total. The monoisotopic (exact) mass is 620 g/mol. The van der Waals surface area contributed by atoms with Gasteiger partial charge in [0.15, 0.2) is 0 Å². The number of aliphatic carboxylic acids is 1. The Kier molecular flexibility index (Phi) is 10.1. The average molecular weight is 621 g/mol. The molecule has 0 aromatic heterocycles. The van der Waals surface area contributed by atoms with Crippen LogP contribution in [0.3, 0.4) is 0 Å². The summed E-state index contributed by atoms with van der Waals surface area (Å²) in [5.41, 5.74) is 6.07. The smallest absolute Gasteiger partial charge is 0.407 e. The third-order valence-corrected chi connectivity index (χ3v) is 7.55. The number of carbonyl (C=O) groups excluding carboxylic acids is 3. The standard InChI is InChI=1S/C35H32N4O7/c1-45-34(43)31(19-22-15-17-24(18-16-22)39-38-23-9-3-2-4-10-23)36-33(42)30(20-32(40)41)37-35(44)46-21-29-27-13-7-5-11-25(27)26-12-6-8-14-28(26)29/h2-18,29-31H,19-21H2,1H3,(H,36,42)(H,37,44)(H,40,41)/t30-,31-/m0/s1. The van der Waals surface area contributed by atoms with E-state index in [0.29, 0.717) is 16.9 Å². The first-order valence-electron chi connectivity index (χ1n) is 14.6. The van der Waals surface area contributed by atoms with Crippen molar-refractivity contribution in [2.45, 2.75) is 30.8 Å². The van der Waals surface area contributed by atoms with Crippen LogP contribution in [0.1, 0.15) is 29.0 Å². The van der Waals surface area contributed by atoms with Gasteiger partial charge in [0.05, 0.1) is 24.9 Å². The molecule has 0 radical (unpaired) electrons. The molecule has 0 unspecified atom stereocenters. The molecule has 234 valence electrons. The number of rotatable bonds is 12. The van der Waals surface area contributed by atoms with Crippen molar-refractivity contribution in [2.24, 2.45) is 10.2 Å². The van der Waals surface area contributed by atoms with Crippen molar-refractivity contribution >= 4 is 35.3 Å². The predicted octanol–water partition coefficient (Wildman–Crippen LogP) is 5.68. The van der Waals surface area contributed by atoms with Gasteiger partial charge >= 0.3 is 18.0 Å². The van der Waals surface area contributed by atoms with Crippen LogP contribution >= 0.6 is 0 Å². The summed E-state index contributed by atoms with van der Waals surface area (Å²) in [5.74, 6) is -3.16. The first-order valence-corrected chi connectivity index (χ1v) is 14.6. The van der Waals surface area contributed by atoms with Crippen molar-refractivity contribution in [1.82, 2.24) is 10.6 Å². The second kappa shape index (κ2) is 14.8. The Bertz CT molecular complexity index is 1700. The fourth-order valence-corrected chi connectivity index (χ4v) is 5.32. The van der Waals surface area contributed by atoms with E-state index in [1.54, 1.807) is 24.3 Å². The number of nitrogens with one attached hydrogen (secondary N) is 2. The van der Waals surface area contributed by atoms with Gasteiger partial charge in [0.25, 0.3) is 0 Å². The molecule has 4 aromatic carbocycles. The summed E-state index contributed by atoms with van der Waals surface area (Å²) in [6.07, 6.45) is -1.65. The maximum atomic E-state index is 13.2. The Morgan fingerprint density at radius 1 is 0.739 bits per heavy atom. The molecule has 0 saturated carbocycles. The summed E-state index contributed by atoms with van der Waals surface area (Å²) in [7, 11) is 1.18. The van der Waals surface area contributed by atoms with Gasteiger partial charge in [-0.05, 0) is 52.1 Å². The van der Waals surface area contributed by atoms with Crippen molar-refractivity contribution in [3.63, 3.8) is 0 Å². The van der Waals surface area contributed by atoms with E-state index in [9.17, 15) is 24.3 Å². The highest BCUT2D eigenvalue weighted by atomic mass is 16.5. The van der Waals surface area contributed by atoms with Crippen molar-refractivity contribution < 1.29 is 33.8 Å². The number of carboxylic acids is 1. The van der Waals surface area contributed by atoms with Crippen LogP contribution in [0.4, 0.5) is 16.2 Å². The molecule has 0 bridgehead atoms. The molecule has 0 saturated heterocycles. The lowest BCUT2D eigenvalue weighted by molar-refractivity contribution is -0.145. The highest BCUT2D eigenvalue weighted by Crippen LogP contribution is 2.44. The normalized spacial score (nSPS) is 13.2. The van der Waals surface area contributed by atoms with Gasteiger partial charge in [-0.3, -0.25) is 9.59 Å². The van der Waals surface area contributed by atoms with Crippen LogP contribution in [0.2, 0.25) is 0 Å². The van der Waals surface area contributed by atoms with E-state index in [1.165, 1.54) is 7.11 Å². The van der Waals surface area contributed by atoms with Crippen molar-refractivity contribution in [3.05, 3.63) is 120 Å². The molecule has 1 aliphatic rings. The topological polar surface area (TPSA) is 156 Å². The van der Waals surface area contributed by atoms with Gasteiger partial charge in [0, 0.05) is 12.3 Å². The number of amides is 2. The zero-order chi connectivity index (χ0) is 32.5. The fraction of sp³-hybridized carbons (Fsp3) is 0.200. The molecule has 1 aliphatic carbocycles. The number of hydrogen-bond acceptors (Lipinski definition) is 8. The van der Waals surface area contributed by atoms with E-state index in [1.807, 2.05) is 78.9 Å². The minimum absolute atomic E-state index is 0.0209. The van der Waals surface area contributed by atoms with Crippen LogP contribution < -0.4 is 10.6 Å². The van der Waals surface area contributed by atoms with Crippen molar-refractivity contribution in [2.75, 3.05) is 13.7 Å². The van der Waals surface area contributed by atoms with Crippen LogP contribution in [0.5, 0.6) is 0 Å². The Balaban J connectivity index is 1.22. The number of azo groups is 1. The number of methoxy groups -OCH3 is 1. The summed E-state index contributed by atoms with van der Waals surface area (Å²) < 4.78 is 10.4. The first kappa shape index (κ1) is 31.6. The third kappa shape index (κ3) is 7.81. The number of carboxylic acid groups (broad SMARTS) is 1. The van der Waals surface area contributed by atoms with Gasteiger partial charge in [-0.15, -0.1) is 0 Å². The largest absolute Gasteiger partial charge is 0.481 e. The molecule has 0 spiro atoms. The molecule has 2 atom stereocenters. The molecular weight excluding hydrogens is 588 g/mol. The number of alkyl carbamates (subject to hydrolysis) is 1. The lowest BCUT2D eigenvalue weighted by atomic mass is 9.98. The van der Waals surface area contributed by atoms with E-state index in [-0.39, 0.29) is 18.9 Å². The van der Waals surface area contributed by atoms with Crippen molar-refractivity contribution in [1.29, 1.82) is 0 Å². The van der Waals surface area contributed by atoms with Gasteiger partial charge in [0.1, 0.15) is 18.7 Å². The van der Waals surface area contributed by atoms with Gasteiger partial charge in [-0.1, -0.05) is 78.9 Å². The van der Waals surface area contributed by atoms with E-state index < -0.39 is 42.4 Å². The molecule has 3 N–H and O–H groups in total. The van der Waals surface area contributed by atoms with Gasteiger partial charge in [-0.25, -0.2) is 9.59 Å². The molecule has 46 heavy (non-hydrogen) atoms. The van der Waals surface area contributed by atoms with Crippen LogP contribution in [0.15, 0.2) is 113 Å². The van der Waals surface area contributed by atoms with Gasteiger partial charge in [-0.2, -0.15) is 10.2 Å². The maximum Gasteiger partial charge on any atom is 0.407 e. The second-order valence-electron chi connectivity index (χ2n) is 10.6. The number of ether oxygens (including phenoxy) is 2. The second-order valence-corrected chi connectivity index (χ2v) is 10.6. The maximum absolute atomic E-state index is 13.2. The molecule has 5 rings (SSSR count). The summed E-state index contributed by atoms with van der Waals surface area (Å²) in [6, 6.07) is 29.1. The highest BCUT2D eigenvalue weighted by molar-refractivity contribution is 5.92. The number of esters is 1. The molecule has 2 amide bonds. The van der Waals surface area contributed by atoms with Gasteiger partial charge < -0.3 is 25.2 Å². The summed E-state index contributed by atoms with van der Waals surface area (Å²) in [6.45, 7) is -0.0209. The van der Waals surface area contributed by atoms with Crippen LogP contribution in [0, 0.1) is 0 Å². The third-order valence-electron chi connectivity index (χ3n) is 7.55. The Hall–Kier alpha value is -5.84. The van der Waals surface area contributed by atoms with Crippen LogP contribution in [-0.4, -0.2) is 54.8 Å². The lowest BCUT2D eigenvalue weighted by Crippen LogP contribution is -2.53. The van der Waals surface area contributed by atoms with Crippen LogP contribution in [0.25, 0.3) is 11.1 Å².